The molecule has 0 aromatic carbocycles. The maximum Gasteiger partial charge on any atom is 0.187 e. The summed E-state index contributed by atoms with van der Waals surface area (Å²) in [6.07, 6.45) is -32.8. The summed E-state index contributed by atoms with van der Waals surface area (Å²) in [5.74, 6) is 0. The lowest BCUT2D eigenvalue weighted by atomic mass is 9.94. The van der Waals surface area contributed by atoms with Gasteiger partial charge in [-0.05, 0) is 0 Å². The van der Waals surface area contributed by atoms with Crippen LogP contribution in [-0.4, -0.2) is 353 Å². The lowest BCUT2D eigenvalue weighted by Gasteiger charge is -2.50. The van der Waals surface area contributed by atoms with Crippen molar-refractivity contribution in [1.29, 1.82) is 0 Å². The molecular weight excluding hydrogens is 1400 g/mol. The first kappa shape index (κ1) is 73.8. The Hall–Kier alpha value is -6.65. The topological polar surface area (TPSA) is 537 Å². The van der Waals surface area contributed by atoms with Gasteiger partial charge in [0.1, 0.15) is 171 Å². The molecule has 0 amide bonds. The lowest BCUT2D eigenvalue weighted by Crippen LogP contribution is -2.68. The Bertz CT molecular complexity index is 3060. The first-order chi connectivity index (χ1) is 50.8. The van der Waals surface area contributed by atoms with E-state index in [4.69, 9.17) is 66.3 Å². The van der Waals surface area contributed by atoms with E-state index in [0.717, 1.165) is 0 Å². The number of imidazole rings is 7. The summed E-state index contributed by atoms with van der Waals surface area (Å²) >= 11 is 0. The standard InChI is InChI=1S/C63H84N14O28/c78-36-43(85)57-92-29(15-71-8-1-64-22-71)50(36)99-58-44(86)37(79)52(31(93-58)17-73-10-3-66-24-73)101-60-46(88)39(81)54(33(95-60)19-75-12-5-68-26-75)103-62-48(90)41(83)56(35(97-62)21-77-14-7-70-28-77)105-63-49(91)42(84)55(34(98-63)20-76-13-6-69-27-76)104-61-47(89)40(82)53(32(96-61)18-74-11-4-67-25-74)102-59-45(87)38(80)51(100-57)30(94-59)16-72-9-2-65-23-72/h1-14,22-63,78-91H,15-21H2/t29-,30-,31-,32-,33+,34+,35+,36+,37+,38+,39+,40+,41+,42-,43+,44+,45+,46+,47+,48-,49-,50+,51+,52+,53+,54+,55+,56+,57+,58+,59+,60+,61+,62+,63+/m0/s1. The highest BCUT2D eigenvalue weighted by Gasteiger charge is 2.60. The van der Waals surface area contributed by atoms with Crippen molar-refractivity contribution >= 4 is 0 Å². The second-order valence-corrected chi connectivity index (χ2v) is 27.2. The fourth-order valence-corrected chi connectivity index (χ4v) is 14.6. The van der Waals surface area contributed by atoms with Gasteiger partial charge in [0.15, 0.2) is 44.0 Å². The number of fused-ring (bicyclic) bond motifs is 7. The zero-order valence-electron chi connectivity index (χ0n) is 55.5. The summed E-state index contributed by atoms with van der Waals surface area (Å²) in [6, 6.07) is 0. The van der Waals surface area contributed by atoms with Gasteiger partial charge >= 0.3 is 0 Å². The van der Waals surface area contributed by atoms with E-state index in [2.05, 4.69) is 34.9 Å². The average molecular weight is 1490 g/mol. The van der Waals surface area contributed by atoms with E-state index in [-0.39, 0.29) is 45.8 Å². The van der Waals surface area contributed by atoms with E-state index in [0.29, 0.717) is 0 Å². The maximum absolute atomic E-state index is 12.3. The fourth-order valence-electron chi connectivity index (χ4n) is 14.6. The van der Waals surface area contributed by atoms with Crippen molar-refractivity contribution in [2.75, 3.05) is 0 Å². The highest BCUT2D eigenvalue weighted by Crippen LogP contribution is 2.41. The average Bonchev–Trinajstić information content (AvgIpc) is 1.02. The van der Waals surface area contributed by atoms with Crippen molar-refractivity contribution in [1.82, 2.24) is 66.9 Å². The molecule has 22 heterocycles. The van der Waals surface area contributed by atoms with E-state index in [1.807, 2.05) is 0 Å². The highest BCUT2D eigenvalue weighted by atomic mass is 16.8. The van der Waals surface area contributed by atoms with Gasteiger partial charge < -0.3 is 170 Å². The predicted octanol–water partition coefficient (Wildman–Crippen LogP) is -8.90. The Morgan fingerprint density at radius 2 is 0.305 bits per heavy atom. The molecule has 0 spiro atoms. The van der Waals surface area contributed by atoms with Gasteiger partial charge in [-0.15, -0.1) is 0 Å². The molecule has 15 saturated heterocycles. The fraction of sp³-hybridized carbons (Fsp3) is 0.667. The van der Waals surface area contributed by atoms with E-state index < -0.39 is 215 Å². The summed E-state index contributed by atoms with van der Waals surface area (Å²) in [6.45, 7) is -1.49. The molecule has 42 nitrogen and oxygen atoms in total. The summed E-state index contributed by atoms with van der Waals surface area (Å²) in [5, 5.41) is 172. The van der Waals surface area contributed by atoms with Crippen LogP contribution in [0.3, 0.4) is 0 Å². The van der Waals surface area contributed by atoms with Gasteiger partial charge in [-0.2, -0.15) is 0 Å². The number of hydrogen-bond acceptors (Lipinski definition) is 35. The van der Waals surface area contributed by atoms with Gasteiger partial charge in [-0.1, -0.05) is 0 Å². The molecule has 22 rings (SSSR count). The molecule has 15 aliphatic heterocycles. The third-order valence-electron chi connectivity index (χ3n) is 20.2. The van der Waals surface area contributed by atoms with Crippen LogP contribution in [0.4, 0.5) is 0 Å². The summed E-state index contributed by atoms with van der Waals surface area (Å²) in [5.41, 5.74) is 0. The number of aliphatic hydroxyl groups excluding tert-OH is 14. The molecule has 14 bridgehead atoms. The normalized spacial score (nSPS) is 43.7. The zero-order chi connectivity index (χ0) is 72.9. The molecule has 14 N–H and O–H groups in total. The van der Waals surface area contributed by atoms with E-state index in [9.17, 15) is 71.5 Å². The summed E-state index contributed by atoms with van der Waals surface area (Å²) in [4.78, 5) is 28.9. The minimum atomic E-state index is -2.09. The first-order valence-electron chi connectivity index (χ1n) is 34.2. The number of aliphatic hydroxyl groups is 14. The monoisotopic (exact) mass is 1480 g/mol. The lowest BCUT2D eigenvalue weighted by molar-refractivity contribution is -0.395. The highest BCUT2D eigenvalue weighted by molar-refractivity contribution is 5.04. The Morgan fingerprint density at radius 3 is 0.410 bits per heavy atom. The van der Waals surface area contributed by atoms with Crippen molar-refractivity contribution in [3.8, 4) is 0 Å². The van der Waals surface area contributed by atoms with Crippen molar-refractivity contribution < 1.29 is 138 Å². The zero-order valence-corrected chi connectivity index (χ0v) is 55.5. The third kappa shape index (κ3) is 15.6. The molecule has 7 aromatic rings. The minimum Gasteiger partial charge on any atom is -0.387 e. The van der Waals surface area contributed by atoms with Gasteiger partial charge in [-0.25, -0.2) is 34.9 Å². The third-order valence-corrected chi connectivity index (χ3v) is 20.2. The Balaban J connectivity index is 0.787. The van der Waals surface area contributed by atoms with Crippen LogP contribution in [-0.2, 0) is 112 Å². The van der Waals surface area contributed by atoms with Gasteiger partial charge in [0.25, 0.3) is 0 Å². The molecule has 35 atom stereocenters. The summed E-state index contributed by atoms with van der Waals surface area (Å²) in [7, 11) is 0. The van der Waals surface area contributed by atoms with Crippen molar-refractivity contribution in [2.45, 2.75) is 261 Å². The number of hydrogen-bond donors (Lipinski definition) is 14. The maximum atomic E-state index is 12.3. The Labute approximate surface area is 594 Å². The molecule has 0 saturated carbocycles. The smallest absolute Gasteiger partial charge is 0.187 e. The first-order valence-corrected chi connectivity index (χ1v) is 34.2. The number of aromatic nitrogens is 14. The van der Waals surface area contributed by atoms with E-state index >= 15 is 0 Å². The van der Waals surface area contributed by atoms with Gasteiger partial charge in [0, 0.05) is 86.8 Å². The van der Waals surface area contributed by atoms with Crippen LogP contribution in [0.1, 0.15) is 0 Å². The second-order valence-electron chi connectivity index (χ2n) is 27.2. The molecule has 574 valence electrons. The van der Waals surface area contributed by atoms with E-state index in [1.165, 1.54) is 120 Å². The van der Waals surface area contributed by atoms with Gasteiger partial charge in [-0.3, -0.25) is 0 Å². The van der Waals surface area contributed by atoms with Crippen LogP contribution in [0.25, 0.3) is 0 Å². The summed E-state index contributed by atoms with van der Waals surface area (Å²) < 4.78 is 101. The van der Waals surface area contributed by atoms with Crippen LogP contribution in [0.2, 0.25) is 0 Å². The minimum absolute atomic E-state index is 0.213. The Kier molecular flexibility index (Phi) is 22.4. The van der Waals surface area contributed by atoms with Gasteiger partial charge in [0.05, 0.1) is 90.1 Å². The molecule has 15 aliphatic rings. The number of ether oxygens (including phenoxy) is 14. The van der Waals surface area contributed by atoms with Crippen LogP contribution < -0.4 is 0 Å². The Morgan fingerprint density at radius 1 is 0.181 bits per heavy atom. The van der Waals surface area contributed by atoms with Crippen LogP contribution in [0, 0.1) is 0 Å². The molecule has 0 aliphatic carbocycles. The number of nitrogens with zero attached hydrogens (tertiary/aromatic N) is 14. The SMILES string of the molecule is O[C@@H]1[C@H]2O[C@H]3[C@H](O)[C@@H](O)[C@@H](O[C@H]4[C@H](O)[C@@H](O)[C@@H](O[C@H]5[C@H](O)[C@@H](O)[C@@H](O[C@H]6[C@H](O)[C@@H](O)[C@@H](O[C@H]7[C@H](O)[C@@H](O)[C@@H](O[C@H]8[C@@H](O)[C@H](O)[C@@H](O[C@@H]([C@@H]1O)[C@@H](Cn1ccnc1)O2)O[C@@H]8Cn1ccnc1)O[C@H]7Cn1ccnc1)O[C@H]6Cn1ccnc1)O[C@H]5Cn1ccnc1)O[C@H]4Cn1ccnc1)O[C@@H]3Cn1ccnc1. The largest absolute Gasteiger partial charge is 0.387 e. The van der Waals surface area contributed by atoms with Crippen LogP contribution >= 0.6 is 0 Å². The van der Waals surface area contributed by atoms with Crippen LogP contribution in [0.5, 0.6) is 0 Å². The van der Waals surface area contributed by atoms with E-state index in [1.54, 1.807) is 43.4 Å². The van der Waals surface area contributed by atoms with Crippen LogP contribution in [0.15, 0.2) is 131 Å². The quantitative estimate of drug-likeness (QED) is 0.0481. The second kappa shape index (κ2) is 31.9. The molecule has 15 fully saturated rings. The molecule has 7 aromatic heterocycles. The van der Waals surface area contributed by atoms with Crippen molar-refractivity contribution in [3.05, 3.63) is 131 Å². The van der Waals surface area contributed by atoms with Crippen molar-refractivity contribution in [3.63, 3.8) is 0 Å². The van der Waals surface area contributed by atoms with Crippen molar-refractivity contribution in [2.24, 2.45) is 0 Å². The molecule has 0 unspecified atom stereocenters. The predicted molar refractivity (Wildman–Crippen MR) is 334 cm³/mol. The molecule has 42 heteroatoms. The molecule has 0 radical (unpaired) electrons. The molecular formula is C63H84N14O28. The van der Waals surface area contributed by atoms with Gasteiger partial charge in [0.2, 0.25) is 0 Å². The molecule has 105 heavy (non-hydrogen) atoms. The number of rotatable bonds is 14.